The zero-order chi connectivity index (χ0) is 23.5. The number of hydrogen-bond acceptors (Lipinski definition) is 5. The first kappa shape index (κ1) is 22.5. The zero-order valence-electron chi connectivity index (χ0n) is 18.4. The topological polar surface area (TPSA) is 116 Å². The molecular weight excluding hydrogens is 418 g/mol. The number of amides is 1. The number of anilines is 1. The van der Waals surface area contributed by atoms with Crippen molar-refractivity contribution in [1.82, 2.24) is 5.01 Å². The second-order valence-corrected chi connectivity index (χ2v) is 8.43. The number of nitrogens with zero attached hydrogens (tertiary/aromatic N) is 1. The molecule has 0 aliphatic carbocycles. The molecule has 1 aliphatic heterocycles. The van der Waals surface area contributed by atoms with Crippen molar-refractivity contribution >= 4 is 17.6 Å². The van der Waals surface area contributed by atoms with Crippen molar-refractivity contribution in [2.24, 2.45) is 5.84 Å². The van der Waals surface area contributed by atoms with Crippen LogP contribution in [-0.2, 0) is 0 Å². The van der Waals surface area contributed by atoms with Gasteiger partial charge in [-0.15, -0.1) is 0 Å². The van der Waals surface area contributed by atoms with Gasteiger partial charge in [0, 0.05) is 13.1 Å². The molecule has 170 valence electrons. The molecule has 0 aromatic heterocycles. The highest BCUT2D eigenvalue weighted by Crippen LogP contribution is 2.34. The molecule has 5 N–H and O–H groups in total. The van der Waals surface area contributed by atoms with E-state index < -0.39 is 11.9 Å². The maximum atomic E-state index is 13.1. The van der Waals surface area contributed by atoms with E-state index in [2.05, 4.69) is 5.32 Å². The maximum absolute atomic E-state index is 13.1. The molecule has 33 heavy (non-hydrogen) atoms. The van der Waals surface area contributed by atoms with Crippen molar-refractivity contribution < 1.29 is 19.8 Å². The molecule has 3 aromatic rings. The van der Waals surface area contributed by atoms with E-state index in [0.29, 0.717) is 5.56 Å². The van der Waals surface area contributed by atoms with Crippen molar-refractivity contribution in [3.63, 3.8) is 0 Å². The number of carbonyl (C=O) groups is 2. The van der Waals surface area contributed by atoms with Crippen molar-refractivity contribution in [2.45, 2.75) is 25.7 Å². The highest BCUT2D eigenvalue weighted by Gasteiger charge is 2.23. The first-order valence-corrected chi connectivity index (χ1v) is 10.9. The quantitative estimate of drug-likeness (QED) is 0.434. The van der Waals surface area contributed by atoms with Gasteiger partial charge in [0.1, 0.15) is 5.75 Å². The Balaban J connectivity index is 1.63. The van der Waals surface area contributed by atoms with Gasteiger partial charge in [0.05, 0.1) is 16.8 Å². The first-order chi connectivity index (χ1) is 15.8. The fourth-order valence-corrected chi connectivity index (χ4v) is 4.39. The summed E-state index contributed by atoms with van der Waals surface area (Å²) in [5.41, 5.74) is 3.57. The number of nitrogens with one attached hydrogen (secondary N) is 1. The lowest BCUT2D eigenvalue weighted by atomic mass is 9.87. The van der Waals surface area contributed by atoms with Gasteiger partial charge in [0.25, 0.3) is 5.91 Å². The van der Waals surface area contributed by atoms with Crippen LogP contribution in [0.25, 0.3) is 11.1 Å². The van der Waals surface area contributed by atoms with Crippen LogP contribution in [0.4, 0.5) is 5.69 Å². The number of hydrazine groups is 1. The number of aromatic carboxylic acids is 1. The van der Waals surface area contributed by atoms with Gasteiger partial charge in [-0.2, -0.15) is 0 Å². The molecule has 3 aromatic carbocycles. The van der Waals surface area contributed by atoms with Crippen LogP contribution in [-0.4, -0.2) is 40.2 Å². The number of carboxylic acid groups (broad SMARTS) is 1. The van der Waals surface area contributed by atoms with Crippen LogP contribution in [0.15, 0.2) is 60.7 Å². The van der Waals surface area contributed by atoms with Gasteiger partial charge in [0.2, 0.25) is 0 Å². The fraction of sp³-hybridized carbons (Fsp3) is 0.231. The van der Waals surface area contributed by atoms with E-state index >= 15 is 0 Å². The van der Waals surface area contributed by atoms with Crippen LogP contribution in [0.3, 0.4) is 0 Å². The van der Waals surface area contributed by atoms with E-state index in [-0.39, 0.29) is 28.5 Å². The van der Waals surface area contributed by atoms with Crippen molar-refractivity contribution in [3.05, 3.63) is 82.9 Å². The molecule has 0 atom stereocenters. The van der Waals surface area contributed by atoms with Gasteiger partial charge in [-0.25, -0.2) is 9.80 Å². The smallest absolute Gasteiger partial charge is 0.337 e. The summed E-state index contributed by atoms with van der Waals surface area (Å²) in [5, 5.41) is 24.8. The predicted octanol–water partition coefficient (Wildman–Crippen LogP) is 4.37. The van der Waals surface area contributed by atoms with E-state index in [1.54, 1.807) is 30.1 Å². The van der Waals surface area contributed by atoms with Crippen LogP contribution >= 0.6 is 0 Å². The van der Waals surface area contributed by atoms with E-state index in [0.717, 1.165) is 42.6 Å². The monoisotopic (exact) mass is 445 g/mol. The van der Waals surface area contributed by atoms with E-state index in [4.69, 9.17) is 5.84 Å². The van der Waals surface area contributed by atoms with Crippen LogP contribution in [0.1, 0.15) is 50.6 Å². The number of phenolic OH excluding ortho intramolecular Hbond substituents is 1. The summed E-state index contributed by atoms with van der Waals surface area (Å²) in [6, 6.07) is 17.9. The molecule has 1 aliphatic rings. The SMILES string of the molecule is Cc1cc(C2CCN(N)CC2)cc(O)c1C(=O)Nc1cc(-c2ccccc2)ccc1C(=O)O. The summed E-state index contributed by atoms with van der Waals surface area (Å²) in [7, 11) is 0. The fourth-order valence-electron chi connectivity index (χ4n) is 4.39. The van der Waals surface area contributed by atoms with E-state index in [1.165, 1.54) is 6.07 Å². The molecule has 7 heteroatoms. The maximum Gasteiger partial charge on any atom is 0.337 e. The molecule has 0 unspecified atom stereocenters. The summed E-state index contributed by atoms with van der Waals surface area (Å²) in [4.78, 5) is 24.9. The Morgan fingerprint density at radius 3 is 2.33 bits per heavy atom. The van der Waals surface area contributed by atoms with Crippen molar-refractivity contribution in [1.29, 1.82) is 0 Å². The number of hydrogen-bond donors (Lipinski definition) is 4. The van der Waals surface area contributed by atoms with E-state index in [1.807, 2.05) is 36.4 Å². The molecule has 0 bridgehead atoms. The third-order valence-corrected chi connectivity index (χ3v) is 6.17. The Labute approximate surface area is 192 Å². The van der Waals surface area contributed by atoms with Gasteiger partial charge in [-0.3, -0.25) is 10.6 Å². The average Bonchev–Trinajstić information content (AvgIpc) is 2.79. The first-order valence-electron chi connectivity index (χ1n) is 10.9. The number of carbonyl (C=O) groups excluding carboxylic acids is 1. The minimum absolute atomic E-state index is 0.0228. The molecule has 1 fully saturated rings. The minimum Gasteiger partial charge on any atom is -0.507 e. The Kier molecular flexibility index (Phi) is 6.44. The zero-order valence-corrected chi connectivity index (χ0v) is 18.4. The highest BCUT2D eigenvalue weighted by molar-refractivity contribution is 6.10. The summed E-state index contributed by atoms with van der Waals surface area (Å²) in [6.45, 7) is 3.33. The normalized spacial score (nSPS) is 14.7. The molecule has 0 spiro atoms. The van der Waals surface area contributed by atoms with Crippen LogP contribution < -0.4 is 11.2 Å². The molecule has 0 saturated carbocycles. The number of carboxylic acids is 1. The Morgan fingerprint density at radius 1 is 1.00 bits per heavy atom. The Morgan fingerprint density at radius 2 is 1.70 bits per heavy atom. The number of nitrogens with two attached hydrogens (primary N) is 1. The molecule has 0 radical (unpaired) electrons. The summed E-state index contributed by atoms with van der Waals surface area (Å²) >= 11 is 0. The van der Waals surface area contributed by atoms with Gasteiger partial charge < -0.3 is 15.5 Å². The molecule has 4 rings (SSSR count). The lowest BCUT2D eigenvalue weighted by Crippen LogP contribution is -2.38. The third kappa shape index (κ3) is 4.89. The highest BCUT2D eigenvalue weighted by atomic mass is 16.4. The number of rotatable bonds is 5. The van der Waals surface area contributed by atoms with Gasteiger partial charge in [0.15, 0.2) is 0 Å². The van der Waals surface area contributed by atoms with Crippen LogP contribution in [0.5, 0.6) is 5.75 Å². The van der Waals surface area contributed by atoms with Crippen LogP contribution in [0, 0.1) is 6.92 Å². The number of aromatic hydroxyl groups is 1. The van der Waals surface area contributed by atoms with Crippen LogP contribution in [0.2, 0.25) is 0 Å². The number of benzene rings is 3. The largest absolute Gasteiger partial charge is 0.507 e. The molecule has 7 nitrogen and oxygen atoms in total. The lowest BCUT2D eigenvalue weighted by Gasteiger charge is -2.29. The predicted molar refractivity (Wildman–Crippen MR) is 127 cm³/mol. The summed E-state index contributed by atoms with van der Waals surface area (Å²) < 4.78 is 0. The summed E-state index contributed by atoms with van der Waals surface area (Å²) in [5.74, 6) is 4.30. The molecular formula is C26H27N3O4. The number of phenols is 1. The molecule has 1 amide bonds. The van der Waals surface area contributed by atoms with Crippen molar-refractivity contribution in [3.8, 4) is 16.9 Å². The van der Waals surface area contributed by atoms with E-state index in [9.17, 15) is 19.8 Å². The average molecular weight is 446 g/mol. The minimum atomic E-state index is -1.15. The number of aryl methyl sites for hydroxylation is 1. The Bertz CT molecular complexity index is 1160. The standard InChI is InChI=1S/C26H27N3O4/c1-16-13-20(18-9-11-29(27)12-10-18)15-23(30)24(16)25(31)28-22-14-19(7-8-21(22)26(32)33)17-5-3-2-4-6-17/h2-8,13-15,18,30H,9-12,27H2,1H3,(H,28,31)(H,32,33). The number of piperidine rings is 1. The van der Waals surface area contributed by atoms with Gasteiger partial charge >= 0.3 is 5.97 Å². The second kappa shape index (κ2) is 9.44. The lowest BCUT2D eigenvalue weighted by molar-refractivity contribution is 0.0698. The third-order valence-electron chi connectivity index (χ3n) is 6.17. The van der Waals surface area contributed by atoms with Gasteiger partial charge in [-0.05, 0) is 66.1 Å². The van der Waals surface area contributed by atoms with Crippen molar-refractivity contribution in [2.75, 3.05) is 18.4 Å². The molecule has 1 saturated heterocycles. The second-order valence-electron chi connectivity index (χ2n) is 8.43. The Hall–Kier alpha value is -3.68. The molecule has 1 heterocycles. The summed E-state index contributed by atoms with van der Waals surface area (Å²) in [6.07, 6.45) is 1.77. The van der Waals surface area contributed by atoms with Gasteiger partial charge in [-0.1, -0.05) is 42.5 Å².